The number of pyridine rings is 1. The number of methoxy groups -OCH3 is 1. The SMILES string of the molecule is CCNc1cc(Nc2cc(C)c(Cl)cc2OC)ccn1. The molecule has 0 spiro atoms. The number of halogens is 1. The molecule has 0 amide bonds. The molecule has 1 aromatic heterocycles. The van der Waals surface area contributed by atoms with E-state index in [9.17, 15) is 0 Å². The highest BCUT2D eigenvalue weighted by atomic mass is 35.5. The maximum Gasteiger partial charge on any atom is 0.143 e. The topological polar surface area (TPSA) is 46.2 Å². The number of nitrogens with one attached hydrogen (secondary N) is 2. The maximum atomic E-state index is 6.11. The van der Waals surface area contributed by atoms with Gasteiger partial charge >= 0.3 is 0 Å². The first-order valence-electron chi connectivity index (χ1n) is 6.45. The van der Waals surface area contributed by atoms with E-state index in [4.69, 9.17) is 16.3 Å². The van der Waals surface area contributed by atoms with E-state index in [2.05, 4.69) is 15.6 Å². The Hall–Kier alpha value is -1.94. The molecule has 2 rings (SSSR count). The summed E-state index contributed by atoms with van der Waals surface area (Å²) in [7, 11) is 1.63. The zero-order valence-electron chi connectivity index (χ0n) is 11.8. The van der Waals surface area contributed by atoms with Crippen molar-refractivity contribution in [2.24, 2.45) is 0 Å². The minimum Gasteiger partial charge on any atom is -0.495 e. The first kappa shape index (κ1) is 14.5. The highest BCUT2D eigenvalue weighted by Gasteiger charge is 2.07. The van der Waals surface area contributed by atoms with Crippen LogP contribution in [0.15, 0.2) is 30.5 Å². The summed E-state index contributed by atoms with van der Waals surface area (Å²) in [6, 6.07) is 7.64. The van der Waals surface area contributed by atoms with Crippen molar-refractivity contribution in [3.63, 3.8) is 0 Å². The van der Waals surface area contributed by atoms with Crippen LogP contribution in [-0.4, -0.2) is 18.6 Å². The molecule has 0 aliphatic heterocycles. The van der Waals surface area contributed by atoms with E-state index in [0.29, 0.717) is 10.8 Å². The van der Waals surface area contributed by atoms with E-state index in [1.165, 1.54) is 0 Å². The van der Waals surface area contributed by atoms with Gasteiger partial charge in [-0.25, -0.2) is 4.98 Å². The van der Waals surface area contributed by atoms with Crippen LogP contribution in [0.25, 0.3) is 0 Å². The predicted octanol–water partition coefficient (Wildman–Crippen LogP) is 4.23. The fraction of sp³-hybridized carbons (Fsp3) is 0.267. The van der Waals surface area contributed by atoms with E-state index in [0.717, 1.165) is 29.3 Å². The standard InChI is InChI=1S/C15H18ClN3O/c1-4-17-15-8-11(5-6-18-15)19-13-7-10(2)12(16)9-14(13)20-3/h5-9H,4H2,1-3H3,(H2,17,18,19). The monoisotopic (exact) mass is 291 g/mol. The number of hydrogen-bond acceptors (Lipinski definition) is 4. The van der Waals surface area contributed by atoms with Crippen LogP contribution in [0.2, 0.25) is 5.02 Å². The third kappa shape index (κ3) is 3.33. The van der Waals surface area contributed by atoms with Gasteiger partial charge in [-0.1, -0.05) is 11.6 Å². The van der Waals surface area contributed by atoms with Crippen LogP contribution in [-0.2, 0) is 0 Å². The van der Waals surface area contributed by atoms with Crippen molar-refractivity contribution in [2.75, 3.05) is 24.3 Å². The van der Waals surface area contributed by atoms with Gasteiger partial charge in [0.25, 0.3) is 0 Å². The van der Waals surface area contributed by atoms with Crippen molar-refractivity contribution in [1.29, 1.82) is 0 Å². The number of rotatable bonds is 5. The molecule has 2 aromatic rings. The summed E-state index contributed by atoms with van der Waals surface area (Å²) in [5.74, 6) is 1.55. The Morgan fingerprint density at radius 3 is 2.80 bits per heavy atom. The Morgan fingerprint density at radius 1 is 1.30 bits per heavy atom. The van der Waals surface area contributed by atoms with Gasteiger partial charge in [-0.15, -0.1) is 0 Å². The van der Waals surface area contributed by atoms with Crippen molar-refractivity contribution < 1.29 is 4.74 Å². The molecule has 1 aromatic carbocycles. The summed E-state index contributed by atoms with van der Waals surface area (Å²) in [4.78, 5) is 4.24. The quantitative estimate of drug-likeness (QED) is 0.865. The number of aryl methyl sites for hydroxylation is 1. The van der Waals surface area contributed by atoms with Crippen LogP contribution >= 0.6 is 11.6 Å². The zero-order valence-corrected chi connectivity index (χ0v) is 12.6. The number of ether oxygens (including phenoxy) is 1. The highest BCUT2D eigenvalue weighted by Crippen LogP contribution is 2.33. The second-order valence-corrected chi connectivity index (χ2v) is 4.79. The Labute approximate surface area is 124 Å². The maximum absolute atomic E-state index is 6.11. The van der Waals surface area contributed by atoms with E-state index in [-0.39, 0.29) is 0 Å². The summed E-state index contributed by atoms with van der Waals surface area (Å²) in [5.41, 5.74) is 2.81. The number of aromatic nitrogens is 1. The van der Waals surface area contributed by atoms with Crippen molar-refractivity contribution in [3.8, 4) is 5.75 Å². The summed E-state index contributed by atoms with van der Waals surface area (Å²) in [6.07, 6.45) is 1.76. The van der Waals surface area contributed by atoms with Crippen LogP contribution in [0.1, 0.15) is 12.5 Å². The van der Waals surface area contributed by atoms with Gasteiger partial charge in [0.1, 0.15) is 11.6 Å². The van der Waals surface area contributed by atoms with Gasteiger partial charge in [-0.3, -0.25) is 0 Å². The van der Waals surface area contributed by atoms with Gasteiger partial charge in [-0.2, -0.15) is 0 Å². The zero-order chi connectivity index (χ0) is 14.5. The fourth-order valence-corrected chi connectivity index (χ4v) is 2.03. The second kappa shape index (κ2) is 6.48. The molecule has 0 aliphatic rings. The Morgan fingerprint density at radius 2 is 2.10 bits per heavy atom. The third-order valence-electron chi connectivity index (χ3n) is 2.88. The van der Waals surface area contributed by atoms with Crippen LogP contribution in [0.4, 0.5) is 17.2 Å². The molecule has 0 saturated heterocycles. The van der Waals surface area contributed by atoms with Crippen molar-refractivity contribution in [2.45, 2.75) is 13.8 Å². The smallest absolute Gasteiger partial charge is 0.143 e. The Bertz CT molecular complexity index is 602. The van der Waals surface area contributed by atoms with E-state index >= 15 is 0 Å². The van der Waals surface area contributed by atoms with E-state index in [1.54, 1.807) is 13.3 Å². The Balaban J connectivity index is 2.29. The normalized spacial score (nSPS) is 10.2. The minimum absolute atomic E-state index is 0.690. The van der Waals surface area contributed by atoms with Crippen LogP contribution in [0.5, 0.6) is 5.75 Å². The molecule has 0 fully saturated rings. The predicted molar refractivity (Wildman–Crippen MR) is 84.4 cm³/mol. The molecule has 2 N–H and O–H groups in total. The first-order valence-corrected chi connectivity index (χ1v) is 6.83. The van der Waals surface area contributed by atoms with Gasteiger partial charge in [0.2, 0.25) is 0 Å². The fourth-order valence-electron chi connectivity index (χ4n) is 1.87. The molecule has 1 heterocycles. The summed E-state index contributed by atoms with van der Waals surface area (Å²) >= 11 is 6.11. The Kier molecular flexibility index (Phi) is 4.69. The van der Waals surface area contributed by atoms with Gasteiger partial charge in [0.15, 0.2) is 0 Å². The number of nitrogens with zero attached hydrogens (tertiary/aromatic N) is 1. The molecule has 5 heteroatoms. The largest absolute Gasteiger partial charge is 0.495 e. The molecule has 0 unspecified atom stereocenters. The van der Waals surface area contributed by atoms with Gasteiger partial charge < -0.3 is 15.4 Å². The molecule has 4 nitrogen and oxygen atoms in total. The molecular formula is C15H18ClN3O. The van der Waals surface area contributed by atoms with Crippen LogP contribution in [0.3, 0.4) is 0 Å². The average Bonchev–Trinajstić information content (AvgIpc) is 2.43. The van der Waals surface area contributed by atoms with E-state index < -0.39 is 0 Å². The number of hydrogen-bond donors (Lipinski definition) is 2. The molecule has 0 aliphatic carbocycles. The van der Waals surface area contributed by atoms with Crippen LogP contribution in [0, 0.1) is 6.92 Å². The minimum atomic E-state index is 0.690. The molecule has 0 saturated carbocycles. The molecule has 0 atom stereocenters. The van der Waals surface area contributed by atoms with Crippen molar-refractivity contribution in [1.82, 2.24) is 4.98 Å². The van der Waals surface area contributed by atoms with Crippen molar-refractivity contribution in [3.05, 3.63) is 41.0 Å². The number of anilines is 3. The summed E-state index contributed by atoms with van der Waals surface area (Å²) in [5, 5.41) is 7.20. The third-order valence-corrected chi connectivity index (χ3v) is 3.28. The molecule has 0 bridgehead atoms. The lowest BCUT2D eigenvalue weighted by atomic mass is 10.2. The summed E-state index contributed by atoms with van der Waals surface area (Å²) in [6.45, 7) is 4.83. The highest BCUT2D eigenvalue weighted by molar-refractivity contribution is 6.31. The molecule has 0 radical (unpaired) electrons. The van der Waals surface area contributed by atoms with Crippen molar-refractivity contribution >= 4 is 28.8 Å². The molecule has 20 heavy (non-hydrogen) atoms. The van der Waals surface area contributed by atoms with Gasteiger partial charge in [-0.05, 0) is 31.5 Å². The lowest BCUT2D eigenvalue weighted by molar-refractivity contribution is 0.417. The van der Waals surface area contributed by atoms with Crippen LogP contribution < -0.4 is 15.4 Å². The van der Waals surface area contributed by atoms with E-state index in [1.807, 2.05) is 38.1 Å². The lowest BCUT2D eigenvalue weighted by Crippen LogP contribution is -2.00. The lowest BCUT2D eigenvalue weighted by Gasteiger charge is -2.13. The summed E-state index contributed by atoms with van der Waals surface area (Å²) < 4.78 is 5.35. The molecule has 106 valence electrons. The second-order valence-electron chi connectivity index (χ2n) is 4.39. The average molecular weight is 292 g/mol. The number of benzene rings is 1. The first-order chi connectivity index (χ1) is 9.63. The van der Waals surface area contributed by atoms with Gasteiger partial charge in [0.05, 0.1) is 12.8 Å². The van der Waals surface area contributed by atoms with Gasteiger partial charge in [0, 0.05) is 35.6 Å². The molecular weight excluding hydrogens is 274 g/mol.